The average Bonchev–Trinajstić information content (AvgIpc) is 0.804. The van der Waals surface area contributed by atoms with Gasteiger partial charge in [-0.2, -0.15) is 0 Å². The molecule has 0 radical (unpaired) electrons. The molecule has 0 saturated heterocycles. The third-order valence-electron chi connectivity index (χ3n) is 20.0. The summed E-state index contributed by atoms with van der Waals surface area (Å²) in [4.78, 5) is 0. The van der Waals surface area contributed by atoms with Crippen molar-refractivity contribution in [2.75, 3.05) is 0 Å². The Balaban J connectivity index is 2.54. The van der Waals surface area contributed by atoms with Gasteiger partial charge in [-0.15, -0.1) is 0 Å². The Morgan fingerprint density at radius 2 is 0.330 bits per heavy atom. The molecule has 0 spiro atoms. The van der Waals surface area contributed by atoms with E-state index in [1.165, 1.54) is 281 Å². The van der Waals surface area contributed by atoms with Gasteiger partial charge < -0.3 is 13.6 Å². The van der Waals surface area contributed by atoms with E-state index in [9.17, 15) is 0 Å². The Labute approximate surface area is 589 Å². The van der Waals surface area contributed by atoms with E-state index < -0.39 is 8.60 Å². The second-order valence-electron chi connectivity index (χ2n) is 34.2. The van der Waals surface area contributed by atoms with Crippen molar-refractivity contribution in [2.24, 2.45) is 53.3 Å². The first-order valence-corrected chi connectivity index (χ1v) is 42.5. The lowest BCUT2D eigenvalue weighted by atomic mass is 9.93. The summed E-state index contributed by atoms with van der Waals surface area (Å²) in [5, 5.41) is 0. The predicted molar refractivity (Wildman–Crippen MR) is 421 cm³/mol. The maximum atomic E-state index is 8.10. The number of benzene rings is 3. The Kier molecular flexibility index (Phi) is 47.9. The fourth-order valence-electron chi connectivity index (χ4n) is 14.1. The van der Waals surface area contributed by atoms with Crippen LogP contribution in [-0.2, 0) is 57.8 Å². The van der Waals surface area contributed by atoms with Gasteiger partial charge in [-0.25, -0.2) is 0 Å². The number of unbranched alkanes of at least 4 members (excludes halogenated alkanes) is 18. The summed E-state index contributed by atoms with van der Waals surface area (Å²) in [7, 11) is -1.96. The molecule has 0 aromatic heterocycles. The van der Waals surface area contributed by atoms with Crippen LogP contribution in [0.3, 0.4) is 0 Å². The van der Waals surface area contributed by atoms with Gasteiger partial charge in [0.2, 0.25) is 0 Å². The van der Waals surface area contributed by atoms with Crippen LogP contribution in [0.1, 0.15) is 406 Å². The summed E-state index contributed by atoms with van der Waals surface area (Å²) in [6.07, 6.45) is 55.2. The molecule has 0 atom stereocenters. The third-order valence-corrected chi connectivity index (χ3v) is 21.0. The quantitative estimate of drug-likeness (QED) is 0.0416. The molecule has 0 aliphatic heterocycles. The first-order chi connectivity index (χ1) is 45.1. The maximum absolute atomic E-state index is 8.10. The van der Waals surface area contributed by atoms with Crippen molar-refractivity contribution >= 4 is 8.60 Å². The fraction of sp³-hybridized carbons (Fsp3) is 0.800. The van der Waals surface area contributed by atoms with Gasteiger partial charge in [-0.1, -0.05) is 334 Å². The van der Waals surface area contributed by atoms with Crippen molar-refractivity contribution in [3.8, 4) is 17.2 Å². The van der Waals surface area contributed by atoms with Crippen LogP contribution in [0.2, 0.25) is 0 Å². The molecular weight excluding hydrogens is 1160 g/mol. The molecule has 0 unspecified atom stereocenters. The molecule has 3 rings (SSSR count). The molecule has 3 nitrogen and oxygen atoms in total. The van der Waals surface area contributed by atoms with Gasteiger partial charge in [0.25, 0.3) is 0 Å². The minimum atomic E-state index is -1.96. The van der Waals surface area contributed by atoms with Crippen molar-refractivity contribution in [2.45, 2.75) is 414 Å². The summed E-state index contributed by atoms with van der Waals surface area (Å²) < 4.78 is 24.3. The Morgan fingerprint density at radius 3 is 0.468 bits per heavy atom. The second-order valence-corrected chi connectivity index (χ2v) is 35.2. The van der Waals surface area contributed by atoms with Gasteiger partial charge >= 0.3 is 8.60 Å². The lowest BCUT2D eigenvalue weighted by Gasteiger charge is -2.27. The summed E-state index contributed by atoms with van der Waals surface area (Å²) >= 11 is 0. The Hall–Kier alpha value is -2.51. The smallest absolute Gasteiger partial charge is 0.408 e. The molecule has 0 fully saturated rings. The maximum Gasteiger partial charge on any atom is 0.530 e. The van der Waals surface area contributed by atoms with Crippen molar-refractivity contribution in [1.82, 2.24) is 0 Å². The zero-order valence-electron chi connectivity index (χ0n) is 66.2. The molecule has 542 valence electrons. The van der Waals surface area contributed by atoms with Crippen molar-refractivity contribution in [3.05, 3.63) is 86.5 Å². The van der Waals surface area contributed by atoms with Crippen LogP contribution >= 0.6 is 8.60 Å². The monoisotopic (exact) mass is 1320 g/mol. The second kappa shape index (κ2) is 52.5. The molecular formula is C90H159O3P. The van der Waals surface area contributed by atoms with E-state index in [-0.39, 0.29) is 0 Å². The van der Waals surface area contributed by atoms with Crippen LogP contribution in [-0.4, -0.2) is 0 Å². The van der Waals surface area contributed by atoms with Gasteiger partial charge in [0.05, 0.1) is 0 Å². The van der Waals surface area contributed by atoms with Gasteiger partial charge in [-0.05, 0) is 219 Å². The topological polar surface area (TPSA) is 27.7 Å². The third kappa shape index (κ3) is 41.8. The van der Waals surface area contributed by atoms with E-state index in [4.69, 9.17) is 13.6 Å². The first kappa shape index (κ1) is 85.7. The van der Waals surface area contributed by atoms with Gasteiger partial charge in [0, 0.05) is 0 Å². The Morgan fingerprint density at radius 1 is 0.191 bits per heavy atom. The standard InChI is InChI=1S/C90H159O3P/c1-70(2)46-28-19-37-55-79-64-82(58-40-22-31-49-73(7)8)88(83(65-79)59-41-23-32-50-74(9)10)91-94(92-89-84(60-42-24-33-51-75(11)12)66-80(56-38-20-29-47-71(3)4)67-85(89)61-43-25-34-52-76(13)14)93-90-86(62-44-26-35-53-77(15)16)68-81(57-39-21-30-48-72(5)6)69-87(90)63-45-27-36-54-78(17)18/h64-78H,19-63H2,1-18H3. The average molecular weight is 1320 g/mol. The molecule has 0 N–H and O–H groups in total. The molecule has 3 aromatic carbocycles. The highest BCUT2D eigenvalue weighted by molar-refractivity contribution is 7.43. The summed E-state index contributed by atoms with van der Waals surface area (Å²) in [5.41, 5.74) is 12.9. The van der Waals surface area contributed by atoms with E-state index in [1.807, 2.05) is 0 Å². The largest absolute Gasteiger partial charge is 0.530 e. The number of hydrogen-bond donors (Lipinski definition) is 0. The number of hydrogen-bond acceptors (Lipinski definition) is 3. The normalized spacial score (nSPS) is 12.3. The minimum absolute atomic E-state index is 0.732. The molecule has 3 aromatic rings. The molecule has 0 aliphatic carbocycles. The molecule has 0 aliphatic rings. The van der Waals surface area contributed by atoms with Gasteiger partial charge in [-0.3, -0.25) is 0 Å². The Bertz CT molecular complexity index is 1940. The molecule has 4 heteroatoms. The zero-order valence-corrected chi connectivity index (χ0v) is 67.0. The molecule has 0 amide bonds. The van der Waals surface area contributed by atoms with E-state index in [1.54, 1.807) is 0 Å². The lowest BCUT2D eigenvalue weighted by Crippen LogP contribution is -2.12. The fourth-order valence-corrected chi connectivity index (χ4v) is 15.4. The van der Waals surface area contributed by atoms with Crippen LogP contribution in [0.25, 0.3) is 0 Å². The van der Waals surface area contributed by atoms with Crippen molar-refractivity contribution < 1.29 is 13.6 Å². The first-order valence-electron chi connectivity index (χ1n) is 41.4. The summed E-state index contributed by atoms with van der Waals surface area (Å²) in [5.74, 6) is 9.95. The van der Waals surface area contributed by atoms with Crippen LogP contribution in [0.15, 0.2) is 36.4 Å². The van der Waals surface area contributed by atoms with Crippen LogP contribution in [0, 0.1) is 53.3 Å². The van der Waals surface area contributed by atoms with E-state index >= 15 is 0 Å². The lowest BCUT2D eigenvalue weighted by molar-refractivity contribution is 0.375. The van der Waals surface area contributed by atoms with Gasteiger partial charge in [0.1, 0.15) is 17.2 Å². The molecule has 94 heavy (non-hydrogen) atoms. The van der Waals surface area contributed by atoms with Crippen LogP contribution < -0.4 is 13.6 Å². The van der Waals surface area contributed by atoms with E-state index in [0.29, 0.717) is 0 Å². The van der Waals surface area contributed by atoms with E-state index in [2.05, 4.69) is 161 Å². The van der Waals surface area contributed by atoms with E-state index in [0.717, 1.165) is 128 Å². The van der Waals surface area contributed by atoms with Gasteiger partial charge in [0.15, 0.2) is 0 Å². The highest BCUT2D eigenvalue weighted by Gasteiger charge is 2.30. The molecule has 0 heterocycles. The molecule has 0 saturated carbocycles. The van der Waals surface area contributed by atoms with Crippen molar-refractivity contribution in [3.63, 3.8) is 0 Å². The van der Waals surface area contributed by atoms with Crippen molar-refractivity contribution in [1.29, 1.82) is 0 Å². The predicted octanol–water partition coefficient (Wildman–Crippen LogP) is 30.3. The molecule has 0 bridgehead atoms. The number of rotatable bonds is 60. The van der Waals surface area contributed by atoms with Crippen LogP contribution in [0.4, 0.5) is 0 Å². The van der Waals surface area contributed by atoms with Crippen LogP contribution in [0.5, 0.6) is 17.2 Å². The minimum Gasteiger partial charge on any atom is -0.408 e. The highest BCUT2D eigenvalue weighted by atomic mass is 31.2. The SMILES string of the molecule is CC(C)CCCCCc1cc(CCCCCC(C)C)c(OP(Oc2c(CCCCCC(C)C)cc(CCCCCC(C)C)cc2CCCCCC(C)C)Oc2c(CCCCCC(C)C)cc(CCCCCC(C)C)cc2CCCCCC(C)C)c(CCCCCC(C)C)c1. The summed E-state index contributed by atoms with van der Waals surface area (Å²) in [6.45, 7) is 43.0. The zero-order chi connectivity index (χ0) is 68.9. The highest BCUT2D eigenvalue weighted by Crippen LogP contribution is 2.50. The summed E-state index contributed by atoms with van der Waals surface area (Å²) in [6, 6.07) is 15.7. The number of aryl methyl sites for hydroxylation is 9.